The van der Waals surface area contributed by atoms with Gasteiger partial charge in [-0.25, -0.2) is 9.97 Å². The summed E-state index contributed by atoms with van der Waals surface area (Å²) in [7, 11) is 0. The second-order valence-electron chi connectivity index (χ2n) is 9.45. The number of carbonyl (C=O) groups excluding carboxylic acids is 1. The molecule has 0 saturated carbocycles. The van der Waals surface area contributed by atoms with Gasteiger partial charge < -0.3 is 20.8 Å². The van der Waals surface area contributed by atoms with E-state index in [0.29, 0.717) is 34.2 Å². The Labute approximate surface area is 219 Å². The van der Waals surface area contributed by atoms with Gasteiger partial charge in [0.25, 0.3) is 5.91 Å². The lowest BCUT2D eigenvalue weighted by Crippen LogP contribution is -2.37. The van der Waals surface area contributed by atoms with Crippen LogP contribution in [-0.2, 0) is 6.42 Å². The predicted molar refractivity (Wildman–Crippen MR) is 146 cm³/mol. The Bertz CT molecular complexity index is 1400. The Balaban J connectivity index is 1.61. The minimum Gasteiger partial charge on any atom is -0.492 e. The van der Waals surface area contributed by atoms with Crippen molar-refractivity contribution in [3.05, 3.63) is 58.6 Å². The van der Waals surface area contributed by atoms with E-state index in [-0.39, 0.29) is 41.9 Å². The van der Waals surface area contributed by atoms with Gasteiger partial charge in [-0.05, 0) is 75.8 Å². The van der Waals surface area contributed by atoms with Gasteiger partial charge >= 0.3 is 0 Å². The topological polar surface area (TPSA) is 147 Å². The normalized spacial score (nSPS) is 15.3. The molecule has 5 N–H and O–H groups in total. The number of nitrogens with zero attached hydrogens (tertiary/aromatic N) is 4. The van der Waals surface area contributed by atoms with Crippen molar-refractivity contribution in [3.63, 3.8) is 0 Å². The molecule has 4 rings (SSSR count). The molecule has 10 nitrogen and oxygen atoms in total. The maximum atomic E-state index is 13.7. The van der Waals surface area contributed by atoms with Crippen molar-refractivity contribution < 1.29 is 15.0 Å². The number of aromatic hydroxyl groups is 1. The zero-order valence-electron chi connectivity index (χ0n) is 21.5. The zero-order valence-corrected chi connectivity index (χ0v) is 22.3. The SMILES string of the molecule is C=C(C)c1cc(C)nc2c1CC(C)N2C(=O)c1ncc(Nc2snc(O)c2C(=N)NC(C)CO)cc1C. The summed E-state index contributed by atoms with van der Waals surface area (Å²) in [6, 6.07) is 3.36. The largest absolute Gasteiger partial charge is 0.492 e. The maximum Gasteiger partial charge on any atom is 0.278 e. The van der Waals surface area contributed by atoms with Gasteiger partial charge in [-0.3, -0.25) is 15.1 Å². The summed E-state index contributed by atoms with van der Waals surface area (Å²) in [5.41, 5.74) is 5.59. The summed E-state index contributed by atoms with van der Waals surface area (Å²) in [6.07, 6.45) is 2.24. The summed E-state index contributed by atoms with van der Waals surface area (Å²) in [6.45, 7) is 13.3. The van der Waals surface area contributed by atoms with Gasteiger partial charge in [0.15, 0.2) is 0 Å². The Kier molecular flexibility index (Phi) is 7.28. The molecule has 0 spiro atoms. The predicted octanol–water partition coefficient (Wildman–Crippen LogP) is 3.92. The first kappa shape index (κ1) is 26.2. The number of aliphatic hydroxyl groups excluding tert-OH is 1. The first-order valence-electron chi connectivity index (χ1n) is 11.9. The highest BCUT2D eigenvalue weighted by atomic mass is 32.1. The summed E-state index contributed by atoms with van der Waals surface area (Å²) >= 11 is 0.996. The molecule has 0 fully saturated rings. The third-order valence-corrected chi connectivity index (χ3v) is 6.96. The van der Waals surface area contributed by atoms with Crippen LogP contribution in [0.25, 0.3) is 5.57 Å². The quantitative estimate of drug-likeness (QED) is 0.232. The molecule has 194 valence electrons. The van der Waals surface area contributed by atoms with Crippen molar-refractivity contribution in [3.8, 4) is 5.88 Å². The van der Waals surface area contributed by atoms with Gasteiger partial charge in [-0.2, -0.15) is 4.37 Å². The van der Waals surface area contributed by atoms with Crippen LogP contribution >= 0.6 is 11.5 Å². The van der Waals surface area contributed by atoms with E-state index >= 15 is 0 Å². The molecule has 0 aromatic carbocycles. The minimum atomic E-state index is -0.364. The standard InChI is InChI=1S/C26H31N7O3S/c1-12(2)18-8-14(4)30-23-19(18)9-16(6)33(23)26(36)21-13(3)7-17(10-28-21)31-25-20(24(35)32-37-25)22(27)29-15(5)11-34/h7-8,10,15-16,31,34H,1,9,11H2,2-6H3,(H2,27,29)(H,32,35). The molecular formula is C26H31N7O3S. The first-order chi connectivity index (χ1) is 17.5. The number of amidine groups is 1. The number of nitrogens with one attached hydrogen (secondary N) is 3. The van der Waals surface area contributed by atoms with Crippen molar-refractivity contribution in [2.45, 2.75) is 53.1 Å². The van der Waals surface area contributed by atoms with Crippen LogP contribution in [0.1, 0.15) is 59.2 Å². The molecule has 0 bridgehead atoms. The van der Waals surface area contributed by atoms with E-state index in [2.05, 4.69) is 31.6 Å². The number of aromatic nitrogens is 3. The zero-order chi connectivity index (χ0) is 27.0. The molecule has 4 heterocycles. The fraction of sp³-hybridized carbons (Fsp3) is 0.346. The molecule has 3 aromatic heterocycles. The first-order valence-corrected chi connectivity index (χ1v) is 12.7. The van der Waals surface area contributed by atoms with E-state index in [9.17, 15) is 15.0 Å². The van der Waals surface area contributed by atoms with Gasteiger partial charge in [0, 0.05) is 23.3 Å². The van der Waals surface area contributed by atoms with Crippen molar-refractivity contribution in [2.75, 3.05) is 16.8 Å². The number of carbonyl (C=O) groups is 1. The Morgan fingerprint density at radius 2 is 2.11 bits per heavy atom. The summed E-state index contributed by atoms with van der Waals surface area (Å²) in [5, 5.41) is 34.1. The number of allylic oxidation sites excluding steroid dienone is 1. The van der Waals surface area contributed by atoms with Crippen LogP contribution in [0, 0.1) is 19.3 Å². The third kappa shape index (κ3) is 5.05. The average Bonchev–Trinajstić information content (AvgIpc) is 3.36. The highest BCUT2D eigenvalue weighted by Crippen LogP contribution is 2.37. The van der Waals surface area contributed by atoms with Crippen molar-refractivity contribution in [1.29, 1.82) is 5.41 Å². The number of aliphatic hydroxyl groups is 1. The van der Waals surface area contributed by atoms with Gasteiger partial charge in [0.05, 0.1) is 18.5 Å². The molecule has 2 atom stereocenters. The van der Waals surface area contributed by atoms with Crippen LogP contribution in [-0.4, -0.2) is 55.0 Å². The van der Waals surface area contributed by atoms with Gasteiger partial charge in [-0.15, -0.1) is 0 Å². The lowest BCUT2D eigenvalue weighted by Gasteiger charge is -2.22. The fourth-order valence-electron chi connectivity index (χ4n) is 4.43. The Morgan fingerprint density at radius 1 is 1.38 bits per heavy atom. The number of hydrogen-bond donors (Lipinski definition) is 5. The van der Waals surface area contributed by atoms with Crippen LogP contribution in [0.3, 0.4) is 0 Å². The van der Waals surface area contributed by atoms with Crippen LogP contribution in [0.2, 0.25) is 0 Å². The lowest BCUT2D eigenvalue weighted by molar-refractivity contribution is 0.0975. The Hall–Kier alpha value is -3.83. The summed E-state index contributed by atoms with van der Waals surface area (Å²) in [4.78, 5) is 24.5. The number of amides is 1. The smallest absolute Gasteiger partial charge is 0.278 e. The molecule has 0 radical (unpaired) electrons. The van der Waals surface area contributed by atoms with Crippen molar-refractivity contribution >= 4 is 45.4 Å². The van der Waals surface area contributed by atoms with Crippen molar-refractivity contribution in [1.82, 2.24) is 19.7 Å². The highest BCUT2D eigenvalue weighted by molar-refractivity contribution is 7.11. The molecule has 3 aromatic rings. The van der Waals surface area contributed by atoms with Gasteiger partial charge in [-0.1, -0.05) is 12.2 Å². The van der Waals surface area contributed by atoms with E-state index in [4.69, 9.17) is 5.41 Å². The van der Waals surface area contributed by atoms with E-state index in [0.717, 1.165) is 33.9 Å². The van der Waals surface area contributed by atoms with Crippen LogP contribution in [0.5, 0.6) is 5.88 Å². The number of anilines is 3. The van der Waals surface area contributed by atoms with Crippen LogP contribution in [0.4, 0.5) is 16.5 Å². The molecule has 1 aliphatic heterocycles. The molecule has 2 unspecified atom stereocenters. The molecule has 1 aliphatic rings. The van der Waals surface area contributed by atoms with Crippen LogP contribution in [0.15, 0.2) is 24.9 Å². The van der Waals surface area contributed by atoms with Crippen LogP contribution < -0.4 is 15.5 Å². The molecule has 37 heavy (non-hydrogen) atoms. The summed E-state index contributed by atoms with van der Waals surface area (Å²) < 4.78 is 3.94. The second kappa shape index (κ2) is 10.3. The van der Waals surface area contributed by atoms with Gasteiger partial charge in [0.1, 0.15) is 27.9 Å². The number of aryl methyl sites for hydroxylation is 2. The molecule has 0 aliphatic carbocycles. The third-order valence-electron chi connectivity index (χ3n) is 6.20. The van der Waals surface area contributed by atoms with E-state index in [1.807, 2.05) is 33.8 Å². The minimum absolute atomic E-state index is 0.0645. The number of fused-ring (bicyclic) bond motifs is 1. The van der Waals surface area contributed by atoms with Gasteiger partial charge in [0.2, 0.25) is 5.88 Å². The highest BCUT2D eigenvalue weighted by Gasteiger charge is 2.36. The second-order valence-corrected chi connectivity index (χ2v) is 10.2. The molecule has 0 saturated heterocycles. The number of hydrogen-bond acceptors (Lipinski definition) is 9. The fourth-order valence-corrected chi connectivity index (χ4v) is 5.14. The number of pyridine rings is 2. The average molecular weight is 522 g/mol. The number of rotatable bonds is 7. The van der Waals surface area contributed by atoms with E-state index in [1.54, 1.807) is 24.1 Å². The molecule has 1 amide bonds. The Morgan fingerprint density at radius 3 is 2.76 bits per heavy atom. The molecule has 11 heteroatoms. The monoisotopic (exact) mass is 521 g/mol. The molecular weight excluding hydrogens is 490 g/mol. The van der Waals surface area contributed by atoms with E-state index in [1.165, 1.54) is 0 Å². The van der Waals surface area contributed by atoms with E-state index < -0.39 is 0 Å². The van der Waals surface area contributed by atoms with Crippen molar-refractivity contribution in [2.24, 2.45) is 0 Å². The lowest BCUT2D eigenvalue weighted by atomic mass is 10.0. The maximum absolute atomic E-state index is 13.7. The summed E-state index contributed by atoms with van der Waals surface area (Å²) in [5.74, 6) is 0.0866.